The molecular formula is C91H142N14O26S. The van der Waals surface area contributed by atoms with Crippen LogP contribution in [0.15, 0.2) is 66.7 Å². The zero-order valence-corrected chi connectivity index (χ0v) is 79.6. The molecule has 2 aromatic rings. The Bertz CT molecular complexity index is 4080. The van der Waals surface area contributed by atoms with Gasteiger partial charge in [-0.2, -0.15) is 0 Å². The Morgan fingerprint density at radius 3 is 1.77 bits per heavy atom. The summed E-state index contributed by atoms with van der Waals surface area (Å²) < 4.78 is 45.1. The largest absolute Gasteiger partial charge is 0.480 e. The van der Waals surface area contributed by atoms with Crippen LogP contribution in [-0.2, 0) is 112 Å². The van der Waals surface area contributed by atoms with E-state index in [0.717, 1.165) is 38.6 Å². The highest BCUT2D eigenvalue weighted by molar-refractivity contribution is 8.00. The van der Waals surface area contributed by atoms with Crippen LogP contribution in [-0.4, -0.2) is 328 Å². The molecule has 0 bridgehead atoms. The van der Waals surface area contributed by atoms with Crippen LogP contribution in [0.4, 0.5) is 15.3 Å². The Balaban J connectivity index is 1.01. The molecule has 16 amide bonds. The summed E-state index contributed by atoms with van der Waals surface area (Å²) in [4.78, 5) is 217. The molecule has 40 nitrogen and oxygen atoms in total. The van der Waals surface area contributed by atoms with Gasteiger partial charge in [0.05, 0.1) is 120 Å². The van der Waals surface area contributed by atoms with Gasteiger partial charge in [-0.15, -0.1) is 11.8 Å². The van der Waals surface area contributed by atoms with Crippen LogP contribution in [0.3, 0.4) is 0 Å². The highest BCUT2D eigenvalue weighted by Gasteiger charge is 2.45. The van der Waals surface area contributed by atoms with Gasteiger partial charge in [0.15, 0.2) is 0 Å². The zero-order chi connectivity index (χ0) is 97.7. The minimum absolute atomic E-state index is 0.00206. The maximum Gasteiger partial charge on any atom is 0.410 e. The number of unbranched alkanes of at least 4 members (excludes halogenated alkanes) is 2. The van der Waals surface area contributed by atoms with E-state index >= 15 is 0 Å². The smallest absolute Gasteiger partial charge is 0.410 e. The maximum absolute atomic E-state index is 14.9. The van der Waals surface area contributed by atoms with Crippen LogP contribution in [0.1, 0.15) is 170 Å². The standard InChI is InChI=1S/C91H142N14O26S/c1-15-59(8)80(68(124-13)52-75(111)103-40-23-27-67(103)82(125-14)60(9)83(114)95-61(10)81(113)63-24-18-16-19-25-63)101(11)88(119)78(57(4)5)100-86(117)79(58(6)7)102(12)91(123)131-54-62-29-31-64(32-30-62)96-84(115)65(26-22-37-94-90(92)122)98-85(116)77(56(2)3)99-71(107)28-20-17-21-39-105-76(112)53-69(87(105)118)132-55-66(89(120)121)97-72(108)36-42-126-44-46-128-48-50-130-51-49-129-47-45-127-43-38-93-70(106)35-41-104-73(109)33-34-74(104)110/h16,18-19,24-25,29-34,56-61,65-69,77-82,113H,15,17,20-23,26-28,35-55H2,1-14H3,(H,93,106)(H,95,114)(H,96,115)(H,97,108)(H,98,116)(H,99,107)(H,100,117)(H,120,121)(H3,92,94,122)/t59-,60+,61+,65-,66-,67-,68+,69?,77-,78-,79-,80-,81+,82+/m0/s1. The second kappa shape index (κ2) is 59.4. The first-order chi connectivity index (χ1) is 62.8. The fourth-order valence-corrected chi connectivity index (χ4v) is 16.6. The molecule has 2 fully saturated rings. The van der Waals surface area contributed by atoms with E-state index in [1.807, 2.05) is 32.0 Å². The van der Waals surface area contributed by atoms with Crippen molar-refractivity contribution >= 4 is 112 Å². The summed E-state index contributed by atoms with van der Waals surface area (Å²) in [6.45, 7) is 20.7. The third-order valence-corrected chi connectivity index (χ3v) is 24.4. The van der Waals surface area contributed by atoms with E-state index in [4.69, 9.17) is 43.6 Å². The molecule has 738 valence electrons. The van der Waals surface area contributed by atoms with Gasteiger partial charge in [-0.3, -0.25) is 77.0 Å². The Hall–Kier alpha value is -10.3. The minimum atomic E-state index is -1.37. The summed E-state index contributed by atoms with van der Waals surface area (Å²) in [6, 6.07) is 6.89. The average molecular weight is 1880 g/mol. The number of benzene rings is 2. The number of carboxylic acid groups (broad SMARTS) is 1. The number of nitrogens with zero attached hydrogens (tertiary/aromatic N) is 5. The molecule has 132 heavy (non-hydrogen) atoms. The van der Waals surface area contributed by atoms with Crippen molar-refractivity contribution < 1.29 is 125 Å². The molecule has 3 heterocycles. The van der Waals surface area contributed by atoms with Crippen LogP contribution in [0, 0.1) is 29.6 Å². The third-order valence-electron chi connectivity index (χ3n) is 23.1. The molecule has 12 N–H and O–H groups in total. The van der Waals surface area contributed by atoms with Gasteiger partial charge in [-0.1, -0.05) is 118 Å². The second-order valence-corrected chi connectivity index (χ2v) is 35.3. The number of aliphatic carboxylic acids is 1. The number of nitrogens with two attached hydrogens (primary N) is 1. The number of likely N-dealkylation sites (tertiary alicyclic amines) is 2. The van der Waals surface area contributed by atoms with Crippen molar-refractivity contribution in [2.75, 3.05) is 138 Å². The fourth-order valence-electron chi connectivity index (χ4n) is 15.4. The van der Waals surface area contributed by atoms with Gasteiger partial charge in [0.25, 0.3) is 11.8 Å². The van der Waals surface area contributed by atoms with Crippen LogP contribution in [0.25, 0.3) is 0 Å². The van der Waals surface area contributed by atoms with Crippen LogP contribution in [0.5, 0.6) is 0 Å². The van der Waals surface area contributed by atoms with Crippen molar-refractivity contribution in [1.29, 1.82) is 0 Å². The van der Waals surface area contributed by atoms with E-state index in [1.165, 1.54) is 26.2 Å². The molecule has 2 saturated heterocycles. The summed E-state index contributed by atoms with van der Waals surface area (Å²) in [7, 11) is 6.03. The quantitative estimate of drug-likeness (QED) is 0.0333. The number of nitrogens with one attached hydrogen (secondary N) is 8. The summed E-state index contributed by atoms with van der Waals surface area (Å²) in [5.74, 6) is -10.0. The molecule has 5 rings (SSSR count). The number of anilines is 1. The van der Waals surface area contributed by atoms with Gasteiger partial charge in [0.2, 0.25) is 65.0 Å². The van der Waals surface area contributed by atoms with Crippen molar-refractivity contribution in [3.8, 4) is 0 Å². The van der Waals surface area contributed by atoms with Gasteiger partial charge in [0, 0.05) is 110 Å². The lowest BCUT2D eigenvalue weighted by Crippen LogP contribution is -2.60. The second-order valence-electron chi connectivity index (χ2n) is 34.0. The predicted molar refractivity (Wildman–Crippen MR) is 487 cm³/mol. The molecular weight excluding hydrogens is 1740 g/mol. The number of thioether (sulfide) groups is 1. The summed E-state index contributed by atoms with van der Waals surface area (Å²) in [5.41, 5.74) is 6.73. The van der Waals surface area contributed by atoms with E-state index in [1.54, 1.807) is 104 Å². The number of ether oxygens (including phenoxy) is 8. The molecule has 41 heteroatoms. The summed E-state index contributed by atoms with van der Waals surface area (Å²) in [6.07, 6.45) is 1.63. The maximum atomic E-state index is 14.9. The molecule has 2 aromatic carbocycles. The van der Waals surface area contributed by atoms with Gasteiger partial charge < -0.3 is 106 Å². The molecule has 3 aliphatic rings. The molecule has 1 unspecified atom stereocenters. The van der Waals surface area contributed by atoms with E-state index in [0.29, 0.717) is 88.3 Å². The number of imide groups is 2. The van der Waals surface area contributed by atoms with Crippen LogP contribution >= 0.6 is 11.8 Å². The number of aliphatic hydroxyl groups excluding tert-OH is 1. The molecule has 3 aliphatic heterocycles. The lowest BCUT2D eigenvalue weighted by atomic mass is 9.89. The van der Waals surface area contributed by atoms with Gasteiger partial charge in [-0.25, -0.2) is 14.4 Å². The van der Waals surface area contributed by atoms with Crippen LogP contribution < -0.4 is 48.3 Å². The number of aliphatic hydroxyl groups is 1. The number of hydrogen-bond donors (Lipinski definition) is 11. The van der Waals surface area contributed by atoms with Gasteiger partial charge in [0.1, 0.15) is 36.8 Å². The Kier molecular flexibility index (Phi) is 50.5. The summed E-state index contributed by atoms with van der Waals surface area (Å²) in [5, 5.41) is 41.7. The number of rotatable bonds is 64. The topological polar surface area (TPSA) is 526 Å². The minimum Gasteiger partial charge on any atom is -0.480 e. The van der Waals surface area contributed by atoms with Crippen molar-refractivity contribution in [1.82, 2.24) is 61.7 Å². The van der Waals surface area contributed by atoms with E-state index in [9.17, 15) is 86.9 Å². The number of hydrogen-bond acceptors (Lipinski definition) is 26. The Morgan fingerprint density at radius 1 is 0.591 bits per heavy atom. The number of primary amides is 1. The molecule has 0 saturated carbocycles. The highest BCUT2D eigenvalue weighted by Crippen LogP contribution is 2.32. The number of likely N-dealkylation sites (N-methyl/N-ethyl adjacent to an activating group) is 2. The number of carboxylic acids is 1. The number of carbonyl (C=O) groups is 16. The molecule has 0 spiro atoms. The van der Waals surface area contributed by atoms with Crippen molar-refractivity contribution in [3.05, 3.63) is 77.9 Å². The lowest BCUT2D eigenvalue weighted by Gasteiger charge is -2.41. The Morgan fingerprint density at radius 2 is 1.20 bits per heavy atom. The SMILES string of the molecule is CC[C@H](C)[C@@H]([C@@H](CC(=O)N1CCC[C@H]1[C@H](OC)[C@@H](C)C(=O)N[C@H](C)[C@@H](O)c1ccccc1)OC)N(C)C(=O)[C@@H](NC(=O)[C@H](C(C)C)N(C)C(=O)OCc1ccc(NC(=O)[C@H](CCCNC(N)=O)NC(=O)[C@@H](NC(=O)CCCCCN2C(=O)CC(SC[C@H](NC(=O)CCOCCOCCOCCOCCOCCNC(=O)CCN3C(=O)C=CC3=O)C(=O)O)C2=O)C(C)C)cc1)C(C)C. The molecule has 14 atom stereocenters. The zero-order valence-electron chi connectivity index (χ0n) is 78.8. The van der Waals surface area contributed by atoms with Gasteiger partial charge >= 0.3 is 18.1 Å². The third kappa shape index (κ3) is 37.6. The van der Waals surface area contributed by atoms with Crippen molar-refractivity contribution in [2.45, 2.75) is 231 Å². The molecule has 0 aliphatic carbocycles. The number of urea groups is 1. The predicted octanol–water partition coefficient (Wildman–Crippen LogP) is 3.49. The first-order valence-electron chi connectivity index (χ1n) is 45.4. The average Bonchev–Trinajstić information content (AvgIpc) is 1.40. The first kappa shape index (κ1) is 112. The number of carbonyl (C=O) groups excluding carboxylic acids is 15. The molecule has 0 aromatic heterocycles. The van der Waals surface area contributed by atoms with Crippen LogP contribution in [0.2, 0.25) is 0 Å². The Labute approximate surface area is 777 Å². The highest BCUT2D eigenvalue weighted by atomic mass is 32.2. The number of amides is 16. The van der Waals surface area contributed by atoms with E-state index in [2.05, 4.69) is 42.5 Å². The van der Waals surface area contributed by atoms with Gasteiger partial charge in [-0.05, 0) is 92.4 Å². The first-order valence-corrected chi connectivity index (χ1v) is 46.5. The van der Waals surface area contributed by atoms with Crippen molar-refractivity contribution in [3.63, 3.8) is 0 Å². The van der Waals surface area contributed by atoms with E-state index in [-0.39, 0.29) is 147 Å². The fraction of sp³-hybridized carbons (Fsp3) is 0.670. The normalized spacial score (nSPS) is 17.2. The van der Waals surface area contributed by atoms with Crippen molar-refractivity contribution in [2.24, 2.45) is 35.3 Å². The monoisotopic (exact) mass is 1880 g/mol. The number of methoxy groups -OCH3 is 2. The molecule has 0 radical (unpaired) electrons. The lowest BCUT2D eigenvalue weighted by molar-refractivity contribution is -0.148. The van der Waals surface area contributed by atoms with E-state index < -0.39 is 173 Å². The summed E-state index contributed by atoms with van der Waals surface area (Å²) >= 11 is 0.942.